The van der Waals surface area contributed by atoms with Crippen LogP contribution in [0.5, 0.6) is 11.5 Å². The summed E-state index contributed by atoms with van der Waals surface area (Å²) in [5.74, 6) is 1.47. The predicted octanol–water partition coefficient (Wildman–Crippen LogP) is 6.87. The van der Waals surface area contributed by atoms with Crippen LogP contribution in [0.4, 0.5) is 5.69 Å². The summed E-state index contributed by atoms with van der Waals surface area (Å²) in [7, 11) is 0. The Bertz CT molecular complexity index is 1260. The van der Waals surface area contributed by atoms with Crippen LogP contribution in [0, 0.1) is 0 Å². The maximum Gasteiger partial charge on any atom is 0.255 e. The molecule has 3 aromatic carbocycles. The molecule has 0 saturated carbocycles. The average molecular weight is 509 g/mol. The molecule has 4 aromatic rings. The second kappa shape index (κ2) is 10.1. The van der Waals surface area contributed by atoms with E-state index in [1.165, 1.54) is 5.56 Å². The highest BCUT2D eigenvalue weighted by molar-refractivity contribution is 9.10. The molecule has 0 spiro atoms. The number of anilines is 1. The average Bonchev–Trinajstić information content (AvgIpc) is 3.24. The Morgan fingerprint density at radius 2 is 1.64 bits per heavy atom. The van der Waals surface area contributed by atoms with E-state index in [0.29, 0.717) is 41.9 Å². The van der Waals surface area contributed by atoms with Crippen LogP contribution in [0.2, 0.25) is 0 Å². The lowest BCUT2D eigenvalue weighted by atomic mass is 10.1. The Kier molecular flexibility index (Phi) is 6.99. The van der Waals surface area contributed by atoms with E-state index in [4.69, 9.17) is 13.9 Å². The van der Waals surface area contributed by atoms with E-state index in [9.17, 15) is 4.79 Å². The van der Waals surface area contributed by atoms with Gasteiger partial charge in [0.25, 0.3) is 5.91 Å². The van der Waals surface area contributed by atoms with Crippen molar-refractivity contribution >= 4 is 38.6 Å². The Morgan fingerprint density at radius 1 is 0.970 bits per heavy atom. The van der Waals surface area contributed by atoms with Gasteiger partial charge in [0.2, 0.25) is 5.89 Å². The molecule has 170 valence electrons. The van der Waals surface area contributed by atoms with E-state index in [0.717, 1.165) is 27.6 Å². The van der Waals surface area contributed by atoms with Gasteiger partial charge in [-0.2, -0.15) is 0 Å². The van der Waals surface area contributed by atoms with Gasteiger partial charge in [0.05, 0.1) is 17.7 Å². The monoisotopic (exact) mass is 508 g/mol. The molecule has 0 aliphatic carbocycles. The molecule has 0 fully saturated rings. The van der Waals surface area contributed by atoms with Crippen molar-refractivity contribution in [2.45, 2.75) is 27.2 Å². The van der Waals surface area contributed by atoms with Crippen LogP contribution in [0.25, 0.3) is 22.6 Å². The van der Waals surface area contributed by atoms with Crippen molar-refractivity contribution in [2.75, 3.05) is 18.5 Å². The normalized spacial score (nSPS) is 10.9. The number of oxazole rings is 1. The first kappa shape index (κ1) is 22.9. The van der Waals surface area contributed by atoms with Crippen molar-refractivity contribution in [3.63, 3.8) is 0 Å². The van der Waals surface area contributed by atoms with E-state index >= 15 is 0 Å². The number of carbonyl (C=O) groups is 1. The number of halogens is 1. The lowest BCUT2D eigenvalue weighted by Gasteiger charge is -2.11. The highest BCUT2D eigenvalue weighted by Crippen LogP contribution is 2.31. The first-order valence-electron chi connectivity index (χ1n) is 10.9. The minimum atomic E-state index is -0.247. The summed E-state index contributed by atoms with van der Waals surface area (Å²) in [6, 6.07) is 16.7. The fourth-order valence-electron chi connectivity index (χ4n) is 3.48. The summed E-state index contributed by atoms with van der Waals surface area (Å²) in [6.07, 6.45) is 0.921. The third-order valence-corrected chi connectivity index (χ3v) is 5.66. The molecule has 1 heterocycles. The van der Waals surface area contributed by atoms with Gasteiger partial charge >= 0.3 is 0 Å². The largest absolute Gasteiger partial charge is 0.494 e. The van der Waals surface area contributed by atoms with Gasteiger partial charge < -0.3 is 19.2 Å². The van der Waals surface area contributed by atoms with Crippen molar-refractivity contribution < 1.29 is 18.7 Å². The van der Waals surface area contributed by atoms with Crippen LogP contribution in [-0.4, -0.2) is 24.1 Å². The zero-order valence-corrected chi connectivity index (χ0v) is 20.4. The second-order valence-electron chi connectivity index (χ2n) is 7.39. The molecule has 1 N–H and O–H groups in total. The molecular formula is C26H25BrN2O4. The second-order valence-corrected chi connectivity index (χ2v) is 8.24. The molecule has 6 nitrogen and oxygen atoms in total. The number of hydrogen-bond acceptors (Lipinski definition) is 5. The van der Waals surface area contributed by atoms with Crippen LogP contribution in [0.1, 0.15) is 36.7 Å². The number of amides is 1. The summed E-state index contributed by atoms with van der Waals surface area (Å²) in [5.41, 5.74) is 4.67. The first-order chi connectivity index (χ1) is 16.0. The fourth-order valence-corrected chi connectivity index (χ4v) is 4.05. The molecule has 0 unspecified atom stereocenters. The van der Waals surface area contributed by atoms with E-state index in [1.54, 1.807) is 18.2 Å². The first-order valence-corrected chi connectivity index (χ1v) is 11.7. The maximum atomic E-state index is 12.8. The minimum Gasteiger partial charge on any atom is -0.494 e. The van der Waals surface area contributed by atoms with Gasteiger partial charge in [-0.15, -0.1) is 0 Å². The van der Waals surface area contributed by atoms with Crippen molar-refractivity contribution in [2.24, 2.45) is 0 Å². The molecule has 1 amide bonds. The number of aryl methyl sites for hydroxylation is 1. The number of ether oxygens (including phenoxy) is 2. The summed E-state index contributed by atoms with van der Waals surface area (Å²) < 4.78 is 18.0. The van der Waals surface area contributed by atoms with Crippen LogP contribution in [0.3, 0.4) is 0 Å². The number of aromatic nitrogens is 1. The maximum absolute atomic E-state index is 12.8. The highest BCUT2D eigenvalue weighted by Gasteiger charge is 2.14. The van der Waals surface area contributed by atoms with Crippen molar-refractivity contribution in [1.29, 1.82) is 0 Å². The molecule has 33 heavy (non-hydrogen) atoms. The van der Waals surface area contributed by atoms with Gasteiger partial charge in [-0.25, -0.2) is 4.98 Å². The number of rotatable bonds is 8. The zero-order chi connectivity index (χ0) is 23.4. The van der Waals surface area contributed by atoms with E-state index in [2.05, 4.69) is 33.2 Å². The molecule has 0 aliphatic rings. The number of nitrogens with one attached hydrogen (secondary N) is 1. The summed E-state index contributed by atoms with van der Waals surface area (Å²) in [5, 5.41) is 2.92. The fraction of sp³-hybridized carbons (Fsp3) is 0.231. The Balaban J connectivity index is 1.54. The predicted molar refractivity (Wildman–Crippen MR) is 133 cm³/mol. The smallest absolute Gasteiger partial charge is 0.255 e. The summed E-state index contributed by atoms with van der Waals surface area (Å²) >= 11 is 3.57. The molecule has 0 atom stereocenters. The number of carbonyl (C=O) groups excluding carboxylic acids is 1. The van der Waals surface area contributed by atoms with Gasteiger partial charge in [0, 0.05) is 22.9 Å². The molecule has 7 heteroatoms. The number of fused-ring (bicyclic) bond motifs is 1. The SMILES string of the molecule is CCOc1cc(OCC)cc(C(=O)Nc2ccc(-c3nc4cc(CC)cc(Br)c4o3)cc2)c1. The van der Waals surface area contributed by atoms with Gasteiger partial charge in [-0.05, 0) is 90.3 Å². The number of benzene rings is 3. The van der Waals surface area contributed by atoms with Crippen molar-refractivity contribution in [1.82, 2.24) is 4.98 Å². The third kappa shape index (κ3) is 5.20. The minimum absolute atomic E-state index is 0.247. The van der Waals surface area contributed by atoms with E-state index in [-0.39, 0.29) is 5.91 Å². The molecular weight excluding hydrogens is 484 g/mol. The highest BCUT2D eigenvalue weighted by atomic mass is 79.9. The Hall–Kier alpha value is -3.32. The van der Waals surface area contributed by atoms with Crippen LogP contribution < -0.4 is 14.8 Å². The lowest BCUT2D eigenvalue weighted by Crippen LogP contribution is -2.12. The zero-order valence-electron chi connectivity index (χ0n) is 18.8. The van der Waals surface area contributed by atoms with Gasteiger partial charge in [-0.1, -0.05) is 6.92 Å². The Labute approximate surface area is 201 Å². The van der Waals surface area contributed by atoms with Crippen LogP contribution in [-0.2, 0) is 6.42 Å². The van der Waals surface area contributed by atoms with Crippen LogP contribution >= 0.6 is 15.9 Å². The van der Waals surface area contributed by atoms with Crippen molar-refractivity contribution in [3.8, 4) is 23.0 Å². The van der Waals surface area contributed by atoms with Gasteiger partial charge in [-0.3, -0.25) is 4.79 Å². The standard InChI is InChI=1S/C26H25BrN2O4/c1-4-16-11-22(27)24-23(12-16)29-26(33-24)17-7-9-19(10-8-17)28-25(30)18-13-20(31-5-2)15-21(14-18)32-6-3/h7-15H,4-6H2,1-3H3,(H,28,30). The molecule has 0 aliphatic heterocycles. The number of hydrogen-bond donors (Lipinski definition) is 1. The molecule has 4 rings (SSSR count). The Morgan fingerprint density at radius 3 is 2.24 bits per heavy atom. The molecule has 0 saturated heterocycles. The molecule has 1 aromatic heterocycles. The number of nitrogens with zero attached hydrogens (tertiary/aromatic N) is 1. The van der Waals surface area contributed by atoms with E-state index < -0.39 is 0 Å². The van der Waals surface area contributed by atoms with Crippen LogP contribution in [0.15, 0.2) is 63.5 Å². The third-order valence-electron chi connectivity index (χ3n) is 5.07. The topological polar surface area (TPSA) is 73.6 Å². The van der Waals surface area contributed by atoms with E-state index in [1.807, 2.05) is 50.2 Å². The summed E-state index contributed by atoms with van der Waals surface area (Å²) in [6.45, 7) is 6.90. The van der Waals surface area contributed by atoms with Crippen molar-refractivity contribution in [3.05, 3.63) is 70.2 Å². The quantitative estimate of drug-likeness (QED) is 0.281. The lowest BCUT2D eigenvalue weighted by molar-refractivity contribution is 0.102. The van der Waals surface area contributed by atoms with Gasteiger partial charge in [0.15, 0.2) is 5.58 Å². The summed E-state index contributed by atoms with van der Waals surface area (Å²) in [4.78, 5) is 17.5. The van der Waals surface area contributed by atoms with Gasteiger partial charge in [0.1, 0.15) is 17.0 Å². The molecule has 0 bridgehead atoms. The molecule has 0 radical (unpaired) electrons.